The molecule has 0 N–H and O–H groups in total. The fourth-order valence-electron chi connectivity index (χ4n) is 3.41. The largest absolute Gasteiger partial charge is 0.307 e. The Morgan fingerprint density at radius 2 is 1.50 bits per heavy atom. The smallest absolute Gasteiger partial charge is 0.216 e. The average Bonchev–Trinajstić information content (AvgIpc) is 2.64. The minimum absolute atomic E-state index is 0.235. The molecule has 1 aliphatic heterocycles. The van der Waals surface area contributed by atoms with E-state index in [2.05, 4.69) is 11.8 Å². The first-order valence-corrected chi connectivity index (χ1v) is 8.75. The van der Waals surface area contributed by atoms with Crippen LogP contribution in [0.4, 0.5) is 0 Å². The van der Waals surface area contributed by atoms with Crippen molar-refractivity contribution in [2.75, 3.05) is 26.2 Å². The number of likely N-dealkylation sites (tertiary alicyclic amines) is 1. The van der Waals surface area contributed by atoms with E-state index in [0.29, 0.717) is 6.54 Å². The third kappa shape index (κ3) is 4.34. The second kappa shape index (κ2) is 7.95. The number of carbonyl (C=O) groups excluding carboxylic acids is 1. The number of ketones is 1. The fraction of sp³-hybridized carbons (Fsp3) is 0.318. The second-order valence-corrected chi connectivity index (χ2v) is 6.62. The van der Waals surface area contributed by atoms with Crippen LogP contribution in [0.15, 0.2) is 60.7 Å². The van der Waals surface area contributed by atoms with E-state index in [-0.39, 0.29) is 5.78 Å². The van der Waals surface area contributed by atoms with Gasteiger partial charge in [-0.15, -0.1) is 0 Å². The summed E-state index contributed by atoms with van der Waals surface area (Å²) in [5.74, 6) is 6.83. The monoisotopic (exact) mass is 318 g/mol. The van der Waals surface area contributed by atoms with Gasteiger partial charge in [0.25, 0.3) is 0 Å². The van der Waals surface area contributed by atoms with Gasteiger partial charge in [0.05, 0.1) is 13.1 Å². The molecule has 3 rings (SSSR count). The Morgan fingerprint density at radius 3 is 2.17 bits per heavy atom. The number of carbonyl (C=O) groups is 1. The normalized spacial score (nSPS) is 16.0. The van der Waals surface area contributed by atoms with Gasteiger partial charge in [0.2, 0.25) is 5.78 Å². The molecule has 0 saturated carbocycles. The Balaban J connectivity index is 1.73. The first-order valence-electron chi connectivity index (χ1n) is 8.75. The first kappa shape index (κ1) is 16.5. The molecule has 1 saturated heterocycles. The lowest BCUT2D eigenvalue weighted by atomic mass is 10.0. The van der Waals surface area contributed by atoms with E-state index in [1.165, 1.54) is 19.3 Å². The number of rotatable bonds is 4. The molecule has 1 aliphatic rings. The van der Waals surface area contributed by atoms with Crippen LogP contribution in [0.1, 0.15) is 35.2 Å². The molecule has 1 heterocycles. The topological polar surface area (TPSA) is 17.1 Å². The molecule has 2 aromatic rings. The molecular weight excluding hydrogens is 294 g/mol. The van der Waals surface area contributed by atoms with E-state index in [0.717, 1.165) is 35.2 Å². The lowest BCUT2D eigenvalue weighted by Gasteiger charge is -2.39. The molecule has 2 aromatic carbocycles. The summed E-state index contributed by atoms with van der Waals surface area (Å²) < 4.78 is 0.813. The van der Waals surface area contributed by atoms with Gasteiger partial charge in [-0.2, -0.15) is 0 Å². The number of benzene rings is 2. The molecule has 0 aromatic heterocycles. The van der Waals surface area contributed by atoms with Crippen molar-refractivity contribution in [2.45, 2.75) is 19.3 Å². The zero-order valence-electron chi connectivity index (χ0n) is 14.1. The highest BCUT2D eigenvalue weighted by atomic mass is 16.1. The maximum Gasteiger partial charge on any atom is 0.216 e. The van der Waals surface area contributed by atoms with Gasteiger partial charge in [0.15, 0.2) is 0 Å². The maximum absolute atomic E-state index is 12.7. The molecule has 0 aliphatic carbocycles. The van der Waals surface area contributed by atoms with Crippen molar-refractivity contribution in [1.82, 2.24) is 0 Å². The van der Waals surface area contributed by atoms with Crippen LogP contribution < -0.4 is 0 Å². The number of quaternary nitrogens is 1. The molecule has 24 heavy (non-hydrogen) atoms. The number of Topliss-reactive ketones (excluding diaryl/α,β-unsaturated/α-hetero) is 1. The van der Waals surface area contributed by atoms with Crippen molar-refractivity contribution in [3.8, 4) is 11.8 Å². The van der Waals surface area contributed by atoms with Crippen molar-refractivity contribution < 1.29 is 9.28 Å². The minimum atomic E-state index is 0.235. The van der Waals surface area contributed by atoms with Gasteiger partial charge in [-0.25, -0.2) is 0 Å². The Morgan fingerprint density at radius 1 is 0.875 bits per heavy atom. The van der Waals surface area contributed by atoms with Gasteiger partial charge in [0, 0.05) is 11.1 Å². The number of hydrogen-bond acceptors (Lipinski definition) is 1. The molecule has 0 atom stereocenters. The van der Waals surface area contributed by atoms with E-state index in [4.69, 9.17) is 0 Å². The van der Waals surface area contributed by atoms with E-state index >= 15 is 0 Å². The molecule has 0 radical (unpaired) electrons. The summed E-state index contributed by atoms with van der Waals surface area (Å²) in [5, 5.41) is 0. The Kier molecular flexibility index (Phi) is 5.46. The fourth-order valence-corrected chi connectivity index (χ4v) is 3.41. The molecule has 0 amide bonds. The van der Waals surface area contributed by atoms with Crippen molar-refractivity contribution in [1.29, 1.82) is 0 Å². The summed E-state index contributed by atoms with van der Waals surface area (Å²) in [6.07, 6.45) is 3.65. The zero-order chi connectivity index (χ0) is 16.7. The molecule has 1 fully saturated rings. The third-order valence-corrected chi connectivity index (χ3v) is 4.76. The second-order valence-electron chi connectivity index (χ2n) is 6.62. The highest BCUT2D eigenvalue weighted by Gasteiger charge is 2.31. The van der Waals surface area contributed by atoms with Crippen LogP contribution in [0.25, 0.3) is 0 Å². The van der Waals surface area contributed by atoms with Crippen molar-refractivity contribution >= 4 is 5.78 Å². The molecule has 2 heteroatoms. The first-order chi connectivity index (χ1) is 11.8. The molecule has 122 valence electrons. The summed E-state index contributed by atoms with van der Waals surface area (Å²) in [5.41, 5.74) is 1.86. The maximum atomic E-state index is 12.7. The van der Waals surface area contributed by atoms with Gasteiger partial charge >= 0.3 is 0 Å². The van der Waals surface area contributed by atoms with E-state index in [1.807, 2.05) is 60.7 Å². The Labute approximate surface area is 144 Å². The third-order valence-electron chi connectivity index (χ3n) is 4.76. The van der Waals surface area contributed by atoms with Gasteiger partial charge in [-0.1, -0.05) is 54.5 Å². The van der Waals surface area contributed by atoms with Gasteiger partial charge in [0.1, 0.15) is 13.1 Å². The molecule has 0 unspecified atom stereocenters. The highest BCUT2D eigenvalue weighted by molar-refractivity contribution is 5.96. The summed E-state index contributed by atoms with van der Waals surface area (Å²) in [6.45, 7) is 3.44. The average molecular weight is 318 g/mol. The Hall–Kier alpha value is -2.37. The predicted molar refractivity (Wildman–Crippen MR) is 97.7 cm³/mol. The molecule has 2 nitrogen and oxygen atoms in total. The van der Waals surface area contributed by atoms with Crippen LogP contribution in [0.5, 0.6) is 0 Å². The van der Waals surface area contributed by atoms with Crippen LogP contribution in [-0.2, 0) is 0 Å². The van der Waals surface area contributed by atoms with Gasteiger partial charge < -0.3 is 4.48 Å². The van der Waals surface area contributed by atoms with Crippen molar-refractivity contribution in [2.24, 2.45) is 0 Å². The zero-order valence-corrected chi connectivity index (χ0v) is 14.1. The summed E-state index contributed by atoms with van der Waals surface area (Å²) >= 11 is 0. The standard InChI is InChI=1S/C22H24NO/c24-22(21-14-6-2-7-15-21)19-23(16-8-3-9-17-23)18-10-13-20-11-4-1-5-12-20/h1-2,4-7,11-12,14-15H,3,8-9,16-19H2/q+1. The summed E-state index contributed by atoms with van der Waals surface area (Å²) in [6, 6.07) is 19.7. The Bertz CT molecular complexity index is 719. The number of hydrogen-bond donors (Lipinski definition) is 0. The van der Waals surface area contributed by atoms with Gasteiger partial charge in [-0.05, 0) is 37.3 Å². The minimum Gasteiger partial charge on any atom is -0.307 e. The quantitative estimate of drug-likeness (QED) is 0.474. The number of piperidine rings is 1. The predicted octanol–water partition coefficient (Wildman–Crippen LogP) is 3.92. The molecular formula is C22H24NO+. The van der Waals surface area contributed by atoms with Crippen LogP contribution in [0.3, 0.4) is 0 Å². The van der Waals surface area contributed by atoms with Crippen LogP contribution in [0.2, 0.25) is 0 Å². The summed E-state index contributed by atoms with van der Waals surface area (Å²) in [4.78, 5) is 12.7. The van der Waals surface area contributed by atoms with Crippen LogP contribution in [0, 0.1) is 11.8 Å². The van der Waals surface area contributed by atoms with Crippen LogP contribution >= 0.6 is 0 Å². The van der Waals surface area contributed by atoms with Crippen molar-refractivity contribution in [3.05, 3.63) is 71.8 Å². The SMILES string of the molecule is O=C(C[N+]1(CC#Cc2ccccc2)CCCCC1)c1ccccc1. The lowest BCUT2D eigenvalue weighted by molar-refractivity contribution is -0.918. The van der Waals surface area contributed by atoms with Crippen LogP contribution in [-0.4, -0.2) is 36.4 Å². The van der Waals surface area contributed by atoms with Crippen molar-refractivity contribution in [3.63, 3.8) is 0 Å². The van der Waals surface area contributed by atoms with E-state index in [1.54, 1.807) is 0 Å². The van der Waals surface area contributed by atoms with E-state index < -0.39 is 0 Å². The number of nitrogens with zero attached hydrogens (tertiary/aromatic N) is 1. The van der Waals surface area contributed by atoms with E-state index in [9.17, 15) is 4.79 Å². The molecule has 0 spiro atoms. The van der Waals surface area contributed by atoms with Gasteiger partial charge in [-0.3, -0.25) is 4.79 Å². The highest BCUT2D eigenvalue weighted by Crippen LogP contribution is 2.19. The lowest BCUT2D eigenvalue weighted by Crippen LogP contribution is -2.54. The summed E-state index contributed by atoms with van der Waals surface area (Å²) in [7, 11) is 0. The molecule has 0 bridgehead atoms.